The van der Waals surface area contributed by atoms with E-state index in [0.717, 1.165) is 150 Å². The molecule has 0 fully saturated rings. The highest BCUT2D eigenvalue weighted by Gasteiger charge is 2.13. The van der Waals surface area contributed by atoms with E-state index in [1.165, 1.54) is 231 Å². The van der Waals surface area contributed by atoms with Crippen LogP contribution in [0.5, 0.6) is 0 Å². The lowest BCUT2D eigenvalue weighted by molar-refractivity contribution is 0.0353. The van der Waals surface area contributed by atoms with Crippen LogP contribution in [0.2, 0.25) is 0 Å². The molecule has 14 nitrogen and oxygen atoms in total. The number of nitrogens with one attached hydrogen (secondary N) is 4. The van der Waals surface area contributed by atoms with Gasteiger partial charge in [-0.3, -0.25) is 0 Å². The molecule has 0 aromatic rings. The van der Waals surface area contributed by atoms with Crippen LogP contribution in [0.4, 0.5) is 0 Å². The van der Waals surface area contributed by atoms with E-state index in [0.29, 0.717) is 52.6 Å². The first-order chi connectivity index (χ1) is 43.9. The SMILES string of the molecule is CCCCCCCCCCCCOCC(O)CNCCCN(CCCNCC(O)COCCCCCCCCCCCC)CCCN(CCCNCC(O)COCCCCCCCCCCCC)CCCNCC(O)COCCCCCCCCCCCC. The maximum Gasteiger partial charge on any atom is 0.0897 e. The van der Waals surface area contributed by atoms with E-state index in [1.807, 2.05) is 0 Å². The number of rotatable bonds is 80. The summed E-state index contributed by atoms with van der Waals surface area (Å²) in [7, 11) is 0. The normalized spacial score (nSPS) is 13.4. The first-order valence-electron chi connectivity index (χ1n) is 39.2. The van der Waals surface area contributed by atoms with Crippen LogP contribution >= 0.6 is 0 Å². The fourth-order valence-electron chi connectivity index (χ4n) is 11.9. The molecule has 0 aliphatic carbocycles. The molecule has 0 aromatic heterocycles. The number of hydrogen-bond donors (Lipinski definition) is 8. The van der Waals surface area contributed by atoms with Crippen molar-refractivity contribution in [2.24, 2.45) is 0 Å². The second-order valence-electron chi connectivity index (χ2n) is 26.9. The summed E-state index contributed by atoms with van der Waals surface area (Å²) in [6.45, 7) is 25.1. The van der Waals surface area contributed by atoms with E-state index in [2.05, 4.69) is 58.8 Å². The van der Waals surface area contributed by atoms with Gasteiger partial charge in [-0.05, 0) is 123 Å². The third-order valence-electron chi connectivity index (χ3n) is 17.6. The maximum atomic E-state index is 10.7. The van der Waals surface area contributed by atoms with Crippen molar-refractivity contribution in [2.75, 3.05) is 144 Å². The van der Waals surface area contributed by atoms with Crippen molar-refractivity contribution in [1.82, 2.24) is 31.1 Å². The third kappa shape index (κ3) is 73.1. The first kappa shape index (κ1) is 88.4. The summed E-state index contributed by atoms with van der Waals surface area (Å²) in [6, 6.07) is 0. The highest BCUT2D eigenvalue weighted by Crippen LogP contribution is 2.15. The molecule has 0 amide bonds. The molecule has 0 rings (SSSR count). The van der Waals surface area contributed by atoms with Gasteiger partial charge in [-0.15, -0.1) is 0 Å². The molecule has 536 valence electrons. The molecule has 0 saturated carbocycles. The lowest BCUT2D eigenvalue weighted by Gasteiger charge is -2.26. The van der Waals surface area contributed by atoms with Crippen molar-refractivity contribution < 1.29 is 39.4 Å². The number of nitrogens with zero attached hydrogens (tertiary/aromatic N) is 2. The van der Waals surface area contributed by atoms with Crippen molar-refractivity contribution >= 4 is 0 Å². The summed E-state index contributed by atoms with van der Waals surface area (Å²) >= 11 is 0. The summed E-state index contributed by atoms with van der Waals surface area (Å²) < 4.78 is 23.4. The second-order valence-corrected chi connectivity index (χ2v) is 26.9. The highest BCUT2D eigenvalue weighted by atomic mass is 16.5. The summed E-state index contributed by atoms with van der Waals surface area (Å²) in [5, 5.41) is 56.7. The summed E-state index contributed by atoms with van der Waals surface area (Å²) in [6.07, 6.45) is 55.4. The van der Waals surface area contributed by atoms with E-state index in [9.17, 15) is 20.4 Å². The largest absolute Gasteiger partial charge is 0.389 e. The van der Waals surface area contributed by atoms with Crippen molar-refractivity contribution in [3.05, 3.63) is 0 Å². The molecule has 4 unspecified atom stereocenters. The standard InChI is InChI=1S/C75H158N6O8/c1-5-9-13-17-21-25-29-33-37-41-60-86-68-72(82)64-76-50-45-54-80(55-46-51-77-65-73(83)69-87-61-42-38-34-30-26-22-18-14-10-6-2)58-49-59-81(56-47-52-78-66-74(84)70-88-62-43-39-35-31-27-23-19-15-11-7-3)57-48-53-79-67-75(85)71-89-63-44-40-36-32-28-24-20-16-12-8-4/h72-79,82-85H,5-71H2,1-4H3. The minimum Gasteiger partial charge on any atom is -0.389 e. The summed E-state index contributed by atoms with van der Waals surface area (Å²) in [5.74, 6) is 0. The average molecular weight is 1270 g/mol. The highest BCUT2D eigenvalue weighted by molar-refractivity contribution is 4.69. The average Bonchev–Trinajstić information content (AvgIpc) is 3.55. The van der Waals surface area contributed by atoms with Gasteiger partial charge >= 0.3 is 0 Å². The molecule has 0 aliphatic rings. The molecular weight excluding hydrogens is 1110 g/mol. The van der Waals surface area contributed by atoms with E-state index in [-0.39, 0.29) is 0 Å². The van der Waals surface area contributed by atoms with Gasteiger partial charge in [0.1, 0.15) is 0 Å². The Hall–Kier alpha value is -0.560. The Kier molecular flexibility index (Phi) is 76.0. The fraction of sp³-hybridized carbons (Fsp3) is 1.00. The van der Waals surface area contributed by atoms with Crippen LogP contribution < -0.4 is 21.3 Å². The van der Waals surface area contributed by atoms with Gasteiger partial charge in [0.25, 0.3) is 0 Å². The monoisotopic (exact) mass is 1270 g/mol. The molecule has 0 saturated heterocycles. The van der Waals surface area contributed by atoms with Crippen LogP contribution in [-0.2, 0) is 18.9 Å². The van der Waals surface area contributed by atoms with Crippen molar-refractivity contribution in [3.63, 3.8) is 0 Å². The fourth-order valence-corrected chi connectivity index (χ4v) is 11.9. The molecular formula is C75H158N6O8. The first-order valence-corrected chi connectivity index (χ1v) is 39.2. The van der Waals surface area contributed by atoms with E-state index >= 15 is 0 Å². The van der Waals surface area contributed by atoms with Gasteiger partial charge in [0.05, 0.1) is 50.8 Å². The van der Waals surface area contributed by atoms with Gasteiger partial charge < -0.3 is 70.4 Å². The van der Waals surface area contributed by atoms with E-state index < -0.39 is 24.4 Å². The quantitative estimate of drug-likeness (QED) is 0.0270. The Morgan fingerprint density at radius 1 is 0.225 bits per heavy atom. The molecule has 4 atom stereocenters. The Labute approximate surface area is 553 Å². The summed E-state index contributed by atoms with van der Waals surface area (Å²) in [4.78, 5) is 5.20. The molecule has 0 heterocycles. The van der Waals surface area contributed by atoms with Crippen LogP contribution in [0.15, 0.2) is 0 Å². The number of aliphatic hydroxyl groups excluding tert-OH is 4. The third-order valence-corrected chi connectivity index (χ3v) is 17.6. The molecule has 0 radical (unpaired) electrons. The summed E-state index contributed by atoms with van der Waals surface area (Å²) in [5.41, 5.74) is 0. The number of aliphatic hydroxyl groups is 4. The molecule has 89 heavy (non-hydrogen) atoms. The van der Waals surface area contributed by atoms with Crippen LogP contribution in [-0.4, -0.2) is 199 Å². The predicted molar refractivity (Wildman–Crippen MR) is 382 cm³/mol. The van der Waals surface area contributed by atoms with Crippen LogP contribution in [0.1, 0.15) is 317 Å². The Bertz CT molecular complexity index is 1110. The number of ether oxygens (including phenoxy) is 4. The zero-order valence-corrected chi connectivity index (χ0v) is 60.0. The maximum absolute atomic E-state index is 10.7. The molecule has 8 N–H and O–H groups in total. The second kappa shape index (κ2) is 76.5. The van der Waals surface area contributed by atoms with Gasteiger partial charge in [-0.2, -0.15) is 0 Å². The Balaban J connectivity index is 5.11. The van der Waals surface area contributed by atoms with Crippen molar-refractivity contribution in [2.45, 2.75) is 341 Å². The van der Waals surface area contributed by atoms with Crippen LogP contribution in [0.25, 0.3) is 0 Å². The van der Waals surface area contributed by atoms with Gasteiger partial charge in [0.15, 0.2) is 0 Å². The molecule has 14 heteroatoms. The Morgan fingerprint density at radius 3 is 0.584 bits per heavy atom. The van der Waals surface area contributed by atoms with Crippen LogP contribution in [0.3, 0.4) is 0 Å². The minimum absolute atomic E-state index is 0.388. The van der Waals surface area contributed by atoms with E-state index in [1.54, 1.807) is 0 Å². The lowest BCUT2D eigenvalue weighted by Crippen LogP contribution is -2.37. The van der Waals surface area contributed by atoms with Gasteiger partial charge in [-0.25, -0.2) is 0 Å². The van der Waals surface area contributed by atoms with Gasteiger partial charge in [0, 0.05) is 52.6 Å². The molecule has 0 aliphatic heterocycles. The smallest absolute Gasteiger partial charge is 0.0897 e. The number of unbranched alkanes of at least 4 members (excludes halogenated alkanes) is 36. The van der Waals surface area contributed by atoms with E-state index in [4.69, 9.17) is 18.9 Å². The topological polar surface area (TPSA) is 172 Å². The zero-order chi connectivity index (χ0) is 64.5. The van der Waals surface area contributed by atoms with Crippen molar-refractivity contribution in [1.29, 1.82) is 0 Å². The van der Waals surface area contributed by atoms with Crippen LogP contribution in [0, 0.1) is 0 Å². The lowest BCUT2D eigenvalue weighted by atomic mass is 10.1. The number of hydrogen-bond acceptors (Lipinski definition) is 14. The molecule has 0 bridgehead atoms. The molecule has 0 aromatic carbocycles. The predicted octanol–water partition coefficient (Wildman–Crippen LogP) is 15.1. The molecule has 0 spiro atoms. The van der Waals surface area contributed by atoms with Gasteiger partial charge in [0.2, 0.25) is 0 Å². The zero-order valence-electron chi connectivity index (χ0n) is 60.0. The van der Waals surface area contributed by atoms with Gasteiger partial charge in [-0.1, -0.05) is 259 Å². The van der Waals surface area contributed by atoms with Crippen molar-refractivity contribution in [3.8, 4) is 0 Å². The minimum atomic E-state index is -0.497. The Morgan fingerprint density at radius 2 is 0.393 bits per heavy atom.